The smallest absolute Gasteiger partial charge is 0.315 e. The van der Waals surface area contributed by atoms with E-state index in [4.69, 9.17) is 0 Å². The monoisotopic (exact) mass is 302 g/mol. The van der Waals surface area contributed by atoms with Crippen LogP contribution in [0.2, 0.25) is 0 Å². The van der Waals surface area contributed by atoms with Gasteiger partial charge >= 0.3 is 6.18 Å². The molecule has 1 atom stereocenters. The van der Waals surface area contributed by atoms with Crippen LogP contribution in [0.4, 0.5) is 13.2 Å². The van der Waals surface area contributed by atoms with Gasteiger partial charge in [0.2, 0.25) is 0 Å². The summed E-state index contributed by atoms with van der Waals surface area (Å²) in [6.07, 6.45) is 3.42. The van der Waals surface area contributed by atoms with Crippen LogP contribution in [0.5, 0.6) is 0 Å². The number of rotatable bonds is 1. The molecule has 4 bridgehead atoms. The number of hydrogen-bond donors (Lipinski definition) is 1. The number of nitrogens with zero attached hydrogens (tertiary/aromatic N) is 1. The van der Waals surface area contributed by atoms with Crippen molar-refractivity contribution in [2.24, 2.45) is 23.7 Å². The molecule has 1 saturated heterocycles. The SMILES string of the molecule is FC(F)(F)C1CNCCN(C23CC4CC(CC(C4)C2)C3)C1. The van der Waals surface area contributed by atoms with Gasteiger partial charge in [-0.25, -0.2) is 0 Å². The van der Waals surface area contributed by atoms with E-state index in [2.05, 4.69) is 10.2 Å². The molecule has 5 heteroatoms. The molecule has 1 heterocycles. The first-order valence-corrected chi connectivity index (χ1v) is 8.47. The van der Waals surface area contributed by atoms with Gasteiger partial charge in [0.25, 0.3) is 0 Å². The Kier molecular flexibility index (Phi) is 3.31. The molecule has 21 heavy (non-hydrogen) atoms. The van der Waals surface area contributed by atoms with Gasteiger partial charge in [0.05, 0.1) is 5.92 Å². The molecule has 0 amide bonds. The molecular weight excluding hydrogens is 277 g/mol. The summed E-state index contributed by atoms with van der Waals surface area (Å²) in [5, 5.41) is 3.00. The Labute approximate surface area is 124 Å². The van der Waals surface area contributed by atoms with Crippen LogP contribution < -0.4 is 5.32 Å². The van der Waals surface area contributed by atoms with Crippen molar-refractivity contribution < 1.29 is 13.2 Å². The Balaban J connectivity index is 1.57. The van der Waals surface area contributed by atoms with Crippen molar-refractivity contribution in [2.75, 3.05) is 26.2 Å². The standard InChI is InChI=1S/C16H25F3N2/c17-16(18,19)14-9-20-1-2-21(10-14)15-6-11-3-12(7-15)5-13(4-11)8-15/h11-14,20H,1-10H2. The van der Waals surface area contributed by atoms with Crippen LogP contribution in [0.1, 0.15) is 38.5 Å². The summed E-state index contributed by atoms with van der Waals surface area (Å²) in [6, 6.07) is 0. The van der Waals surface area contributed by atoms with Crippen molar-refractivity contribution in [3.8, 4) is 0 Å². The highest BCUT2D eigenvalue weighted by molar-refractivity contribution is 5.08. The van der Waals surface area contributed by atoms with Crippen molar-refractivity contribution >= 4 is 0 Å². The summed E-state index contributed by atoms with van der Waals surface area (Å²) in [7, 11) is 0. The Bertz CT molecular complexity index is 372. The largest absolute Gasteiger partial charge is 0.394 e. The van der Waals surface area contributed by atoms with Crippen molar-refractivity contribution in [1.29, 1.82) is 0 Å². The third kappa shape index (κ3) is 2.50. The zero-order valence-corrected chi connectivity index (χ0v) is 12.5. The van der Waals surface area contributed by atoms with E-state index in [-0.39, 0.29) is 18.6 Å². The number of hydrogen-bond acceptors (Lipinski definition) is 2. The third-order valence-electron chi connectivity index (χ3n) is 6.53. The topological polar surface area (TPSA) is 15.3 Å². The average Bonchev–Trinajstić information content (AvgIpc) is 2.62. The normalized spacial score (nSPS) is 47.6. The molecule has 0 spiro atoms. The first-order valence-electron chi connectivity index (χ1n) is 8.47. The maximum absolute atomic E-state index is 13.2. The minimum atomic E-state index is -4.07. The van der Waals surface area contributed by atoms with Crippen molar-refractivity contribution in [3.63, 3.8) is 0 Å². The quantitative estimate of drug-likeness (QED) is 0.801. The van der Waals surface area contributed by atoms with Gasteiger partial charge in [-0.1, -0.05) is 0 Å². The van der Waals surface area contributed by atoms with Crippen LogP contribution in [0.15, 0.2) is 0 Å². The molecular formula is C16H25F3N2. The Morgan fingerprint density at radius 3 is 2.05 bits per heavy atom. The van der Waals surface area contributed by atoms with Gasteiger partial charge < -0.3 is 5.32 Å². The summed E-state index contributed by atoms with van der Waals surface area (Å²) in [5.41, 5.74) is 0.101. The predicted molar refractivity (Wildman–Crippen MR) is 74.9 cm³/mol. The average molecular weight is 302 g/mol. The molecule has 5 rings (SSSR count). The molecule has 1 unspecified atom stereocenters. The fourth-order valence-corrected chi connectivity index (χ4v) is 6.01. The molecule has 0 aromatic heterocycles. The summed E-state index contributed by atoms with van der Waals surface area (Å²) >= 11 is 0. The molecule has 0 aromatic rings. The molecule has 120 valence electrons. The summed E-state index contributed by atoms with van der Waals surface area (Å²) < 4.78 is 39.6. The first kappa shape index (κ1) is 14.3. The zero-order valence-electron chi connectivity index (χ0n) is 12.5. The fraction of sp³-hybridized carbons (Fsp3) is 1.00. The van der Waals surface area contributed by atoms with E-state index >= 15 is 0 Å². The van der Waals surface area contributed by atoms with Crippen LogP contribution in [-0.4, -0.2) is 42.8 Å². The van der Waals surface area contributed by atoms with Gasteiger partial charge in [-0.2, -0.15) is 13.2 Å². The fourth-order valence-electron chi connectivity index (χ4n) is 6.01. The highest BCUT2D eigenvalue weighted by Gasteiger charge is 2.54. The molecule has 1 N–H and O–H groups in total. The number of halogens is 3. The number of nitrogens with one attached hydrogen (secondary N) is 1. The van der Waals surface area contributed by atoms with Crippen molar-refractivity contribution in [2.45, 2.75) is 50.2 Å². The lowest BCUT2D eigenvalue weighted by Gasteiger charge is -2.61. The van der Waals surface area contributed by atoms with Gasteiger partial charge in [0.15, 0.2) is 0 Å². The Morgan fingerprint density at radius 2 is 1.52 bits per heavy atom. The van der Waals surface area contributed by atoms with Gasteiger partial charge in [-0.05, 0) is 56.3 Å². The second-order valence-corrected chi connectivity index (χ2v) is 8.03. The lowest BCUT2D eigenvalue weighted by atomic mass is 9.52. The van der Waals surface area contributed by atoms with Crippen LogP contribution >= 0.6 is 0 Å². The van der Waals surface area contributed by atoms with Crippen LogP contribution in [0.25, 0.3) is 0 Å². The molecule has 1 aliphatic heterocycles. The van der Waals surface area contributed by atoms with E-state index in [1.165, 1.54) is 19.3 Å². The molecule has 0 aromatic carbocycles. The minimum absolute atomic E-state index is 0.0896. The Hall–Kier alpha value is -0.290. The molecule has 0 radical (unpaired) electrons. The second-order valence-electron chi connectivity index (χ2n) is 8.03. The number of alkyl halides is 3. The predicted octanol–water partition coefficient (Wildman–Crippen LogP) is 3.04. The maximum atomic E-state index is 13.2. The van der Waals surface area contributed by atoms with E-state index in [1.54, 1.807) is 0 Å². The highest BCUT2D eigenvalue weighted by Crippen LogP contribution is 2.58. The van der Waals surface area contributed by atoms with Crippen LogP contribution in [0.3, 0.4) is 0 Å². The highest BCUT2D eigenvalue weighted by atomic mass is 19.4. The summed E-state index contributed by atoms with van der Waals surface area (Å²) in [4.78, 5) is 2.25. The first-order chi connectivity index (χ1) is 9.95. The molecule has 5 aliphatic rings. The van der Waals surface area contributed by atoms with E-state index < -0.39 is 12.1 Å². The van der Waals surface area contributed by atoms with Crippen molar-refractivity contribution in [1.82, 2.24) is 10.2 Å². The lowest BCUT2D eigenvalue weighted by molar-refractivity contribution is -0.184. The van der Waals surface area contributed by atoms with Gasteiger partial charge in [-0.15, -0.1) is 0 Å². The minimum Gasteiger partial charge on any atom is -0.315 e. The molecule has 5 fully saturated rings. The van der Waals surface area contributed by atoms with Crippen molar-refractivity contribution in [3.05, 3.63) is 0 Å². The molecule has 4 saturated carbocycles. The lowest BCUT2D eigenvalue weighted by Crippen LogP contribution is -2.61. The van der Waals surface area contributed by atoms with Gasteiger partial charge in [-0.3, -0.25) is 4.90 Å². The van der Waals surface area contributed by atoms with E-state index in [0.717, 1.165) is 43.6 Å². The van der Waals surface area contributed by atoms with E-state index in [9.17, 15) is 13.2 Å². The molecule has 4 aliphatic carbocycles. The Morgan fingerprint density at radius 1 is 0.952 bits per heavy atom. The third-order valence-corrected chi connectivity index (χ3v) is 6.53. The molecule has 2 nitrogen and oxygen atoms in total. The summed E-state index contributed by atoms with van der Waals surface area (Å²) in [5.74, 6) is 1.17. The van der Waals surface area contributed by atoms with Gasteiger partial charge in [0.1, 0.15) is 0 Å². The van der Waals surface area contributed by atoms with Crippen LogP contribution in [0, 0.1) is 23.7 Å². The summed E-state index contributed by atoms with van der Waals surface area (Å²) in [6.45, 7) is 1.79. The maximum Gasteiger partial charge on any atom is 0.394 e. The zero-order chi connectivity index (χ0) is 14.7. The van der Waals surface area contributed by atoms with E-state index in [0.29, 0.717) is 6.54 Å². The van der Waals surface area contributed by atoms with E-state index in [1.807, 2.05) is 0 Å². The second kappa shape index (κ2) is 4.85. The van der Waals surface area contributed by atoms with Gasteiger partial charge in [0, 0.05) is 31.7 Å². The van der Waals surface area contributed by atoms with Crippen LogP contribution in [-0.2, 0) is 0 Å².